The number of unbranched alkanes of at least 4 members (excludes halogenated alkanes) is 1. The van der Waals surface area contributed by atoms with Crippen molar-refractivity contribution in [1.82, 2.24) is 14.7 Å². The third kappa shape index (κ3) is 6.21. The first-order valence-electron chi connectivity index (χ1n) is 10.2. The Morgan fingerprint density at radius 2 is 1.76 bits per heavy atom. The largest absolute Gasteiger partial charge is 0.328 e. The van der Waals surface area contributed by atoms with Crippen LogP contribution in [0, 0.1) is 13.8 Å². The minimum Gasteiger partial charge on any atom is -0.328 e. The van der Waals surface area contributed by atoms with E-state index in [4.69, 9.17) is 0 Å². The van der Waals surface area contributed by atoms with Gasteiger partial charge in [-0.2, -0.15) is 5.10 Å². The first kappa shape index (κ1) is 20.6. The van der Waals surface area contributed by atoms with E-state index in [-0.39, 0.29) is 6.03 Å². The predicted octanol–water partition coefficient (Wildman–Crippen LogP) is 5.03. The summed E-state index contributed by atoms with van der Waals surface area (Å²) < 4.78 is 1.98. The molecule has 0 fully saturated rings. The lowest BCUT2D eigenvalue weighted by Gasteiger charge is -2.18. The first-order chi connectivity index (χ1) is 14.0. The highest BCUT2D eigenvalue weighted by Crippen LogP contribution is 2.14. The molecule has 0 saturated heterocycles. The number of amides is 2. The Hall–Kier alpha value is -3.08. The van der Waals surface area contributed by atoms with Crippen LogP contribution in [0.3, 0.4) is 0 Å². The van der Waals surface area contributed by atoms with Crippen LogP contribution in [0.1, 0.15) is 35.4 Å². The van der Waals surface area contributed by atoms with Crippen LogP contribution >= 0.6 is 0 Å². The van der Waals surface area contributed by atoms with Gasteiger partial charge in [-0.05, 0) is 62.4 Å². The van der Waals surface area contributed by atoms with Gasteiger partial charge in [-0.1, -0.05) is 42.5 Å². The van der Waals surface area contributed by atoms with Crippen LogP contribution in [0.15, 0.2) is 60.7 Å². The number of aromatic nitrogens is 2. The monoisotopic (exact) mass is 390 g/mol. The molecular formula is C24H30N4O. The molecule has 3 rings (SSSR count). The maximum Gasteiger partial charge on any atom is 0.321 e. The molecule has 0 bridgehead atoms. The second-order valence-corrected chi connectivity index (χ2v) is 7.58. The van der Waals surface area contributed by atoms with Gasteiger partial charge in [-0.15, -0.1) is 0 Å². The fraction of sp³-hybridized carbons (Fsp3) is 0.333. The molecule has 0 aliphatic heterocycles. The smallest absolute Gasteiger partial charge is 0.321 e. The molecule has 2 aromatic carbocycles. The molecule has 5 nitrogen and oxygen atoms in total. The van der Waals surface area contributed by atoms with Crippen molar-refractivity contribution < 1.29 is 4.79 Å². The van der Waals surface area contributed by atoms with Crippen molar-refractivity contribution in [1.29, 1.82) is 0 Å². The highest BCUT2D eigenvalue weighted by atomic mass is 16.2. The highest BCUT2D eigenvalue weighted by Gasteiger charge is 2.09. The molecule has 1 aromatic heterocycles. The quantitative estimate of drug-likeness (QED) is 0.548. The molecule has 3 aromatic rings. The summed E-state index contributed by atoms with van der Waals surface area (Å²) in [7, 11) is 1.84. The topological polar surface area (TPSA) is 50.2 Å². The van der Waals surface area contributed by atoms with Crippen molar-refractivity contribution >= 4 is 11.7 Å². The second kappa shape index (κ2) is 9.92. The second-order valence-electron chi connectivity index (χ2n) is 7.58. The minimum atomic E-state index is -0.0759. The van der Waals surface area contributed by atoms with E-state index in [1.807, 2.05) is 42.9 Å². The van der Waals surface area contributed by atoms with E-state index >= 15 is 0 Å². The molecule has 1 heterocycles. The van der Waals surface area contributed by atoms with Crippen molar-refractivity contribution in [2.75, 3.05) is 18.9 Å². The number of carbonyl (C=O) groups excluding carboxylic acids is 1. The van der Waals surface area contributed by atoms with E-state index in [0.717, 1.165) is 48.4 Å². The van der Waals surface area contributed by atoms with Crippen molar-refractivity contribution in [3.8, 4) is 0 Å². The Morgan fingerprint density at radius 1 is 1.00 bits per heavy atom. The van der Waals surface area contributed by atoms with Gasteiger partial charge >= 0.3 is 6.03 Å². The summed E-state index contributed by atoms with van der Waals surface area (Å²) in [6.07, 6.45) is 3.10. The third-order valence-electron chi connectivity index (χ3n) is 5.01. The van der Waals surface area contributed by atoms with E-state index in [2.05, 4.69) is 53.7 Å². The maximum absolute atomic E-state index is 12.5. The van der Waals surface area contributed by atoms with Gasteiger partial charge < -0.3 is 10.2 Å². The number of nitrogens with one attached hydrogen (secondary N) is 1. The molecule has 0 spiro atoms. The lowest BCUT2D eigenvalue weighted by atomic mass is 10.1. The first-order valence-corrected chi connectivity index (χ1v) is 10.2. The Labute approximate surface area is 173 Å². The Bertz CT molecular complexity index is 933. The molecule has 1 N–H and O–H groups in total. The molecule has 152 valence electrons. The number of carbonyl (C=O) groups is 1. The van der Waals surface area contributed by atoms with Crippen LogP contribution in [0.2, 0.25) is 0 Å². The van der Waals surface area contributed by atoms with Crippen LogP contribution < -0.4 is 5.32 Å². The van der Waals surface area contributed by atoms with Crippen molar-refractivity contribution in [3.63, 3.8) is 0 Å². The molecule has 2 amide bonds. The summed E-state index contributed by atoms with van der Waals surface area (Å²) in [5.41, 5.74) is 5.41. The number of urea groups is 1. The average molecular weight is 391 g/mol. The number of benzene rings is 2. The summed E-state index contributed by atoms with van der Waals surface area (Å²) in [5, 5.41) is 7.51. The van der Waals surface area contributed by atoms with Crippen molar-refractivity contribution in [2.45, 2.75) is 39.7 Å². The highest BCUT2D eigenvalue weighted by molar-refractivity contribution is 5.89. The number of aryl methyl sites for hydroxylation is 3. The zero-order chi connectivity index (χ0) is 20.6. The fourth-order valence-corrected chi connectivity index (χ4v) is 3.40. The minimum absolute atomic E-state index is 0.0759. The van der Waals surface area contributed by atoms with Crippen molar-refractivity contribution in [2.24, 2.45) is 0 Å². The number of hydrogen-bond acceptors (Lipinski definition) is 2. The van der Waals surface area contributed by atoms with Crippen LogP contribution in [0.4, 0.5) is 10.5 Å². The maximum atomic E-state index is 12.5. The SMILES string of the molecule is Cc1cc(C)n(Cc2cccc(NC(=O)N(C)CCCCc3ccccc3)c2)n1. The number of hydrogen-bond donors (Lipinski definition) is 1. The predicted molar refractivity (Wildman–Crippen MR) is 118 cm³/mol. The Balaban J connectivity index is 1.47. The Kier molecular flexibility index (Phi) is 7.06. The molecule has 5 heteroatoms. The normalized spacial score (nSPS) is 10.7. The van der Waals surface area contributed by atoms with E-state index < -0.39 is 0 Å². The summed E-state index contributed by atoms with van der Waals surface area (Å²) in [4.78, 5) is 14.2. The number of rotatable bonds is 8. The zero-order valence-electron chi connectivity index (χ0n) is 17.6. The summed E-state index contributed by atoms with van der Waals surface area (Å²) >= 11 is 0. The summed E-state index contributed by atoms with van der Waals surface area (Å²) in [6.45, 7) is 5.48. The molecule has 0 radical (unpaired) electrons. The lowest BCUT2D eigenvalue weighted by molar-refractivity contribution is 0.221. The van der Waals surface area contributed by atoms with Crippen LogP contribution in [0.25, 0.3) is 0 Å². The van der Waals surface area contributed by atoms with Crippen LogP contribution in [-0.2, 0) is 13.0 Å². The molecule has 0 aliphatic carbocycles. The van der Waals surface area contributed by atoms with E-state index in [0.29, 0.717) is 6.54 Å². The van der Waals surface area contributed by atoms with E-state index in [9.17, 15) is 4.79 Å². The zero-order valence-corrected chi connectivity index (χ0v) is 17.6. The van der Waals surface area contributed by atoms with Crippen LogP contribution in [-0.4, -0.2) is 34.3 Å². The van der Waals surface area contributed by atoms with Gasteiger partial charge in [-0.25, -0.2) is 4.79 Å². The third-order valence-corrected chi connectivity index (χ3v) is 5.01. The summed E-state index contributed by atoms with van der Waals surface area (Å²) in [6, 6.07) is 20.4. The van der Waals surface area contributed by atoms with Crippen LogP contribution in [0.5, 0.6) is 0 Å². The Morgan fingerprint density at radius 3 is 2.48 bits per heavy atom. The van der Waals surface area contributed by atoms with E-state index in [1.165, 1.54) is 5.56 Å². The van der Waals surface area contributed by atoms with E-state index in [1.54, 1.807) is 4.90 Å². The van der Waals surface area contributed by atoms with Crippen molar-refractivity contribution in [3.05, 3.63) is 83.2 Å². The van der Waals surface area contributed by atoms with Gasteiger partial charge in [0.15, 0.2) is 0 Å². The number of anilines is 1. The molecule has 29 heavy (non-hydrogen) atoms. The molecule has 0 saturated carbocycles. The average Bonchev–Trinajstić information content (AvgIpc) is 3.03. The van der Waals surface area contributed by atoms with Gasteiger partial charge in [0, 0.05) is 25.0 Å². The molecular weight excluding hydrogens is 360 g/mol. The van der Waals surface area contributed by atoms with Gasteiger partial charge in [0.1, 0.15) is 0 Å². The molecule has 0 aliphatic rings. The van der Waals surface area contributed by atoms with Gasteiger partial charge in [-0.3, -0.25) is 4.68 Å². The summed E-state index contributed by atoms with van der Waals surface area (Å²) in [5.74, 6) is 0. The fourth-order valence-electron chi connectivity index (χ4n) is 3.40. The van der Waals surface area contributed by atoms with Gasteiger partial charge in [0.2, 0.25) is 0 Å². The number of nitrogens with zero attached hydrogens (tertiary/aromatic N) is 3. The molecule has 0 unspecified atom stereocenters. The lowest BCUT2D eigenvalue weighted by Crippen LogP contribution is -2.32. The molecule has 0 atom stereocenters. The standard InChI is InChI=1S/C24H30N4O/c1-19-16-20(2)28(26-19)18-22-13-9-14-23(17-22)25-24(29)27(3)15-8-7-12-21-10-5-4-6-11-21/h4-6,9-11,13-14,16-17H,7-8,12,15,18H2,1-3H3,(H,25,29). The van der Waals surface area contributed by atoms with Gasteiger partial charge in [0.05, 0.1) is 12.2 Å². The van der Waals surface area contributed by atoms with Gasteiger partial charge in [0.25, 0.3) is 0 Å².